The van der Waals surface area contributed by atoms with Crippen molar-refractivity contribution < 1.29 is 13.6 Å². The summed E-state index contributed by atoms with van der Waals surface area (Å²) in [7, 11) is 0. The monoisotopic (exact) mass is 346 g/mol. The fourth-order valence-electron chi connectivity index (χ4n) is 2.81. The molecule has 128 valence electrons. The highest BCUT2D eigenvalue weighted by Crippen LogP contribution is 2.15. The van der Waals surface area contributed by atoms with Crippen LogP contribution in [0.15, 0.2) is 27.8 Å². The zero-order chi connectivity index (χ0) is 18.1. The van der Waals surface area contributed by atoms with Crippen molar-refractivity contribution in [2.75, 3.05) is 5.32 Å². The van der Waals surface area contributed by atoms with Crippen molar-refractivity contribution in [1.29, 1.82) is 5.26 Å². The fourth-order valence-corrected chi connectivity index (χ4v) is 2.81. The van der Waals surface area contributed by atoms with Gasteiger partial charge in [-0.3, -0.25) is 14.2 Å². The van der Waals surface area contributed by atoms with Gasteiger partial charge in [-0.2, -0.15) is 5.26 Å². The molecule has 2 aromatic rings. The molecule has 0 saturated heterocycles. The first-order valence-electron chi connectivity index (χ1n) is 7.44. The van der Waals surface area contributed by atoms with E-state index >= 15 is 0 Å². The number of anilines is 1. The molecule has 1 amide bonds. The van der Waals surface area contributed by atoms with Gasteiger partial charge in [0.15, 0.2) is 0 Å². The minimum atomic E-state index is -0.982. The first-order chi connectivity index (χ1) is 11.9. The molecule has 1 aliphatic heterocycles. The van der Waals surface area contributed by atoms with Crippen molar-refractivity contribution >= 4 is 11.6 Å². The third kappa shape index (κ3) is 2.94. The molecule has 1 aromatic heterocycles. The predicted octanol–water partition coefficient (Wildman–Crippen LogP) is 0.745. The molecule has 0 fully saturated rings. The molecule has 1 aromatic carbocycles. The number of carbonyl (C=O) groups is 1. The van der Waals surface area contributed by atoms with Crippen LogP contribution < -0.4 is 16.6 Å². The Bertz CT molecular complexity index is 1030. The second-order valence-corrected chi connectivity index (χ2v) is 5.53. The van der Waals surface area contributed by atoms with Crippen molar-refractivity contribution in [3.05, 3.63) is 61.9 Å². The Morgan fingerprint density at radius 3 is 2.76 bits per heavy atom. The molecular weight excluding hydrogens is 334 g/mol. The van der Waals surface area contributed by atoms with Gasteiger partial charge >= 0.3 is 5.69 Å². The molecule has 0 unspecified atom stereocenters. The van der Waals surface area contributed by atoms with Gasteiger partial charge in [-0.05, 0) is 25.0 Å². The van der Waals surface area contributed by atoms with Gasteiger partial charge < -0.3 is 5.32 Å². The molecule has 0 aliphatic carbocycles. The van der Waals surface area contributed by atoms with Gasteiger partial charge in [0.25, 0.3) is 5.56 Å². The summed E-state index contributed by atoms with van der Waals surface area (Å²) >= 11 is 0. The van der Waals surface area contributed by atoms with Crippen molar-refractivity contribution in [2.45, 2.75) is 25.9 Å². The summed E-state index contributed by atoms with van der Waals surface area (Å²) in [4.78, 5) is 36.7. The van der Waals surface area contributed by atoms with Crippen LogP contribution >= 0.6 is 0 Å². The Labute approximate surface area is 139 Å². The number of fused-ring (bicyclic) bond motifs is 1. The van der Waals surface area contributed by atoms with Crippen LogP contribution in [0.3, 0.4) is 0 Å². The predicted molar refractivity (Wildman–Crippen MR) is 83.0 cm³/mol. The molecule has 0 saturated carbocycles. The van der Waals surface area contributed by atoms with Crippen LogP contribution in [-0.2, 0) is 24.3 Å². The van der Waals surface area contributed by atoms with Gasteiger partial charge in [-0.1, -0.05) is 0 Å². The number of nitriles is 1. The number of benzene rings is 1. The second-order valence-electron chi connectivity index (χ2n) is 5.53. The Kier molecular flexibility index (Phi) is 4.19. The number of hydrogen-bond acceptors (Lipinski definition) is 4. The lowest BCUT2D eigenvalue weighted by molar-refractivity contribution is -0.116. The van der Waals surface area contributed by atoms with E-state index in [9.17, 15) is 23.2 Å². The number of hydrogen-bond donors (Lipinski definition) is 1. The Morgan fingerprint density at radius 1 is 1.32 bits per heavy atom. The number of nitrogens with one attached hydrogen (secondary N) is 1. The Morgan fingerprint density at radius 2 is 2.08 bits per heavy atom. The van der Waals surface area contributed by atoms with E-state index in [2.05, 4.69) is 5.32 Å². The average molecular weight is 346 g/mol. The smallest absolute Gasteiger partial charge is 0.322 e. The second kappa shape index (κ2) is 6.32. The number of rotatable bonds is 3. The normalized spacial score (nSPS) is 12.5. The first-order valence-corrected chi connectivity index (χ1v) is 7.44. The Hall–Kier alpha value is -3.28. The maximum Gasteiger partial charge on any atom is 0.331 e. The standard InChI is InChI=1S/C16H12F2N4O3/c17-9-3-4-12(11(18)6-9)20-14(23)8-22-15(24)10(7-19)13-2-1-5-21(13)16(22)25/h3-4,6H,1-2,5,8H2,(H,20,23). The van der Waals surface area contributed by atoms with E-state index in [1.807, 2.05) is 0 Å². The van der Waals surface area contributed by atoms with E-state index in [-0.39, 0.29) is 11.3 Å². The van der Waals surface area contributed by atoms with E-state index in [1.54, 1.807) is 6.07 Å². The fraction of sp³-hybridized carbons (Fsp3) is 0.250. The lowest BCUT2D eigenvalue weighted by atomic mass is 10.2. The minimum Gasteiger partial charge on any atom is -0.322 e. The van der Waals surface area contributed by atoms with Crippen LogP contribution in [0.1, 0.15) is 17.7 Å². The van der Waals surface area contributed by atoms with E-state index in [1.165, 1.54) is 4.57 Å². The zero-order valence-electron chi connectivity index (χ0n) is 12.9. The van der Waals surface area contributed by atoms with E-state index in [0.29, 0.717) is 35.7 Å². The highest BCUT2D eigenvalue weighted by molar-refractivity contribution is 5.90. The molecule has 1 N–H and O–H groups in total. The van der Waals surface area contributed by atoms with Gasteiger partial charge in [0.2, 0.25) is 5.91 Å². The quantitative estimate of drug-likeness (QED) is 0.887. The van der Waals surface area contributed by atoms with Crippen LogP contribution in [0.25, 0.3) is 0 Å². The lowest BCUT2D eigenvalue weighted by Gasteiger charge is -2.11. The molecule has 1 aliphatic rings. The first kappa shape index (κ1) is 16.6. The highest BCUT2D eigenvalue weighted by atomic mass is 19.1. The van der Waals surface area contributed by atoms with Crippen molar-refractivity contribution in [3.8, 4) is 6.07 Å². The molecular formula is C16H12F2N4O3. The number of nitrogens with zero attached hydrogens (tertiary/aromatic N) is 3. The van der Waals surface area contributed by atoms with Crippen molar-refractivity contribution in [1.82, 2.24) is 9.13 Å². The van der Waals surface area contributed by atoms with Crippen molar-refractivity contribution in [3.63, 3.8) is 0 Å². The zero-order valence-corrected chi connectivity index (χ0v) is 12.9. The number of carbonyl (C=O) groups excluding carboxylic acids is 1. The molecule has 0 atom stereocenters. The van der Waals surface area contributed by atoms with Crippen molar-refractivity contribution in [2.24, 2.45) is 0 Å². The van der Waals surface area contributed by atoms with E-state index in [0.717, 1.165) is 12.1 Å². The molecule has 0 spiro atoms. The van der Waals surface area contributed by atoms with E-state index < -0.39 is 35.3 Å². The number of halogens is 2. The summed E-state index contributed by atoms with van der Waals surface area (Å²) in [6.07, 6.45) is 1.07. The van der Waals surface area contributed by atoms with Crippen LogP contribution in [-0.4, -0.2) is 15.0 Å². The molecule has 0 radical (unpaired) electrons. The molecule has 9 heteroatoms. The number of aromatic nitrogens is 2. The molecule has 25 heavy (non-hydrogen) atoms. The van der Waals surface area contributed by atoms with Crippen LogP contribution in [0.4, 0.5) is 14.5 Å². The summed E-state index contributed by atoms with van der Waals surface area (Å²) in [5.74, 6) is -2.63. The average Bonchev–Trinajstić information content (AvgIpc) is 3.04. The van der Waals surface area contributed by atoms with Gasteiger partial charge in [0, 0.05) is 18.3 Å². The highest BCUT2D eigenvalue weighted by Gasteiger charge is 2.23. The molecule has 7 nitrogen and oxygen atoms in total. The topological polar surface area (TPSA) is 96.9 Å². The van der Waals surface area contributed by atoms with Gasteiger partial charge in [-0.25, -0.2) is 18.1 Å². The minimum absolute atomic E-state index is 0.169. The molecule has 3 rings (SSSR count). The summed E-state index contributed by atoms with van der Waals surface area (Å²) < 4.78 is 28.4. The maximum absolute atomic E-state index is 13.6. The Balaban J connectivity index is 1.93. The van der Waals surface area contributed by atoms with Gasteiger partial charge in [0.1, 0.15) is 29.8 Å². The molecule has 2 heterocycles. The van der Waals surface area contributed by atoms with Crippen LogP contribution in [0, 0.1) is 23.0 Å². The molecule has 0 bridgehead atoms. The van der Waals surface area contributed by atoms with Gasteiger partial charge in [0.05, 0.1) is 5.69 Å². The largest absolute Gasteiger partial charge is 0.331 e. The van der Waals surface area contributed by atoms with Gasteiger partial charge in [-0.15, -0.1) is 0 Å². The number of amides is 1. The maximum atomic E-state index is 13.6. The third-order valence-corrected chi connectivity index (χ3v) is 3.95. The summed E-state index contributed by atoms with van der Waals surface area (Å²) in [5, 5.41) is 11.3. The third-order valence-electron chi connectivity index (χ3n) is 3.95. The summed E-state index contributed by atoms with van der Waals surface area (Å²) in [6, 6.07) is 4.36. The summed E-state index contributed by atoms with van der Waals surface area (Å²) in [6.45, 7) is -0.319. The lowest BCUT2D eigenvalue weighted by Crippen LogP contribution is -2.44. The van der Waals surface area contributed by atoms with Crippen LogP contribution in [0.2, 0.25) is 0 Å². The SMILES string of the molecule is N#Cc1c2n(c(=O)n(CC(=O)Nc3ccc(F)cc3F)c1=O)CCC2. The van der Waals surface area contributed by atoms with Crippen LogP contribution in [0.5, 0.6) is 0 Å². The van der Waals surface area contributed by atoms with E-state index in [4.69, 9.17) is 5.26 Å². The summed E-state index contributed by atoms with van der Waals surface area (Å²) in [5.41, 5.74) is -1.61.